The highest BCUT2D eigenvalue weighted by molar-refractivity contribution is 7.92. The second-order valence-electron chi connectivity index (χ2n) is 5.74. The van der Waals surface area contributed by atoms with Crippen LogP contribution in [0.2, 0.25) is 0 Å². The molecule has 0 bridgehead atoms. The summed E-state index contributed by atoms with van der Waals surface area (Å²) in [5.41, 5.74) is 2.36. The van der Waals surface area contributed by atoms with Crippen LogP contribution >= 0.6 is 0 Å². The lowest BCUT2D eigenvalue weighted by Gasteiger charge is -2.13. The molecule has 24 heavy (non-hydrogen) atoms. The Balaban J connectivity index is 1.91. The molecule has 0 aromatic heterocycles. The van der Waals surface area contributed by atoms with Gasteiger partial charge in [-0.1, -0.05) is 0 Å². The molecule has 1 heterocycles. The molecule has 0 saturated carbocycles. The summed E-state index contributed by atoms with van der Waals surface area (Å²) in [6, 6.07) is 10.4. The van der Waals surface area contributed by atoms with E-state index < -0.39 is 10.0 Å². The molecule has 3 rings (SSSR count). The molecule has 128 valence electrons. The largest absolute Gasteiger partial charge is 0.497 e. The van der Waals surface area contributed by atoms with E-state index in [0.717, 1.165) is 17.7 Å². The van der Waals surface area contributed by atoms with Gasteiger partial charge in [-0.2, -0.15) is 0 Å². The molecule has 0 saturated heterocycles. The highest BCUT2D eigenvalue weighted by atomic mass is 32.2. The summed E-state index contributed by atoms with van der Waals surface area (Å²) in [6.45, 7) is 2.06. The van der Waals surface area contributed by atoms with Crippen molar-refractivity contribution >= 4 is 21.4 Å². The number of sulfonamides is 1. The van der Waals surface area contributed by atoms with Gasteiger partial charge in [0.25, 0.3) is 10.0 Å². The standard InChI is InChI=1S/C17H20N2O4S/c1-11-8-12-9-14(5-7-15(12)18-11)24(20,21)19-16-6-4-13(22-2)10-17(16)23-3/h4-7,9-11,18-19H,8H2,1-3H3. The van der Waals surface area contributed by atoms with Crippen molar-refractivity contribution in [3.63, 3.8) is 0 Å². The zero-order chi connectivity index (χ0) is 17.3. The molecule has 0 fully saturated rings. The second-order valence-corrected chi connectivity index (χ2v) is 7.42. The molecule has 2 aromatic carbocycles. The lowest BCUT2D eigenvalue weighted by Crippen LogP contribution is -2.14. The van der Waals surface area contributed by atoms with E-state index in [1.807, 2.05) is 0 Å². The van der Waals surface area contributed by atoms with E-state index in [1.54, 1.807) is 36.4 Å². The molecular formula is C17H20N2O4S. The quantitative estimate of drug-likeness (QED) is 0.869. The normalized spacial score (nSPS) is 16.2. The summed E-state index contributed by atoms with van der Waals surface area (Å²) < 4.78 is 38.3. The van der Waals surface area contributed by atoms with Gasteiger partial charge in [-0.25, -0.2) is 8.42 Å². The van der Waals surface area contributed by atoms with Crippen LogP contribution in [0.1, 0.15) is 12.5 Å². The predicted molar refractivity (Wildman–Crippen MR) is 93.6 cm³/mol. The van der Waals surface area contributed by atoms with E-state index in [0.29, 0.717) is 23.2 Å². The van der Waals surface area contributed by atoms with Crippen LogP contribution in [-0.2, 0) is 16.4 Å². The van der Waals surface area contributed by atoms with Crippen LogP contribution in [0.15, 0.2) is 41.3 Å². The van der Waals surface area contributed by atoms with Crippen molar-refractivity contribution in [1.29, 1.82) is 0 Å². The van der Waals surface area contributed by atoms with Crippen LogP contribution in [0.25, 0.3) is 0 Å². The highest BCUT2D eigenvalue weighted by Gasteiger charge is 2.22. The van der Waals surface area contributed by atoms with E-state index in [1.165, 1.54) is 14.2 Å². The van der Waals surface area contributed by atoms with Crippen LogP contribution in [0.4, 0.5) is 11.4 Å². The van der Waals surface area contributed by atoms with Gasteiger partial charge in [-0.15, -0.1) is 0 Å². The van der Waals surface area contributed by atoms with Gasteiger partial charge in [0.1, 0.15) is 11.5 Å². The van der Waals surface area contributed by atoms with Crippen LogP contribution in [0, 0.1) is 0 Å². The fourth-order valence-electron chi connectivity index (χ4n) is 2.78. The Bertz CT molecular complexity index is 865. The third-order valence-corrected chi connectivity index (χ3v) is 5.33. The zero-order valence-electron chi connectivity index (χ0n) is 13.8. The third kappa shape index (κ3) is 3.12. The maximum atomic E-state index is 12.7. The van der Waals surface area contributed by atoms with E-state index >= 15 is 0 Å². The van der Waals surface area contributed by atoms with Gasteiger partial charge >= 0.3 is 0 Å². The van der Waals surface area contributed by atoms with Crippen molar-refractivity contribution in [1.82, 2.24) is 0 Å². The predicted octanol–water partition coefficient (Wildman–Crippen LogP) is 2.86. The molecule has 1 aliphatic heterocycles. The average molecular weight is 348 g/mol. The van der Waals surface area contributed by atoms with Gasteiger partial charge in [-0.3, -0.25) is 4.72 Å². The molecule has 0 spiro atoms. The summed E-state index contributed by atoms with van der Waals surface area (Å²) >= 11 is 0. The Morgan fingerprint density at radius 3 is 2.62 bits per heavy atom. The van der Waals surface area contributed by atoms with Crippen molar-refractivity contribution in [2.75, 3.05) is 24.3 Å². The SMILES string of the molecule is COc1ccc(NS(=O)(=O)c2ccc3c(c2)CC(C)N3)c(OC)c1. The molecule has 0 radical (unpaired) electrons. The Morgan fingerprint density at radius 1 is 1.12 bits per heavy atom. The number of ether oxygens (including phenoxy) is 2. The minimum absolute atomic E-state index is 0.232. The molecule has 1 aliphatic rings. The average Bonchev–Trinajstić information content (AvgIpc) is 2.94. The summed E-state index contributed by atoms with van der Waals surface area (Å²) in [7, 11) is -0.682. The second kappa shape index (κ2) is 6.24. The van der Waals surface area contributed by atoms with Crippen molar-refractivity contribution in [3.8, 4) is 11.5 Å². The number of anilines is 2. The van der Waals surface area contributed by atoms with Crippen molar-refractivity contribution < 1.29 is 17.9 Å². The van der Waals surface area contributed by atoms with Gasteiger partial charge in [0.2, 0.25) is 0 Å². The van der Waals surface area contributed by atoms with Crippen molar-refractivity contribution in [2.24, 2.45) is 0 Å². The van der Waals surface area contributed by atoms with Crippen LogP contribution in [0.5, 0.6) is 11.5 Å². The van der Waals surface area contributed by atoms with E-state index in [4.69, 9.17) is 9.47 Å². The summed E-state index contributed by atoms with van der Waals surface area (Å²) in [5, 5.41) is 3.31. The summed E-state index contributed by atoms with van der Waals surface area (Å²) in [5.74, 6) is 0.988. The molecule has 2 aromatic rings. The number of rotatable bonds is 5. The first-order valence-electron chi connectivity index (χ1n) is 7.57. The first-order chi connectivity index (χ1) is 11.4. The number of methoxy groups -OCH3 is 2. The zero-order valence-corrected chi connectivity index (χ0v) is 14.6. The first-order valence-corrected chi connectivity index (χ1v) is 9.05. The first kappa shape index (κ1) is 16.4. The van der Waals surface area contributed by atoms with Crippen LogP contribution in [0.3, 0.4) is 0 Å². The minimum Gasteiger partial charge on any atom is -0.497 e. The molecule has 1 unspecified atom stereocenters. The number of hydrogen-bond donors (Lipinski definition) is 2. The third-order valence-electron chi connectivity index (χ3n) is 3.97. The number of benzene rings is 2. The van der Waals surface area contributed by atoms with Crippen molar-refractivity contribution in [2.45, 2.75) is 24.3 Å². The Hall–Kier alpha value is -2.41. The number of nitrogens with one attached hydrogen (secondary N) is 2. The van der Waals surface area contributed by atoms with Crippen LogP contribution < -0.4 is 19.5 Å². The lowest BCUT2D eigenvalue weighted by atomic mass is 10.1. The molecule has 7 heteroatoms. The summed E-state index contributed by atoms with van der Waals surface area (Å²) in [4.78, 5) is 0.232. The summed E-state index contributed by atoms with van der Waals surface area (Å²) in [6.07, 6.45) is 0.810. The molecule has 2 N–H and O–H groups in total. The maximum Gasteiger partial charge on any atom is 0.262 e. The lowest BCUT2D eigenvalue weighted by molar-refractivity contribution is 0.395. The van der Waals surface area contributed by atoms with E-state index in [-0.39, 0.29) is 4.90 Å². The van der Waals surface area contributed by atoms with Crippen LogP contribution in [-0.4, -0.2) is 28.7 Å². The molecule has 0 aliphatic carbocycles. The Kier molecular flexibility index (Phi) is 4.28. The smallest absolute Gasteiger partial charge is 0.262 e. The van der Waals surface area contributed by atoms with Gasteiger partial charge in [-0.05, 0) is 49.2 Å². The topological polar surface area (TPSA) is 76.7 Å². The van der Waals surface area contributed by atoms with E-state index in [2.05, 4.69) is 17.0 Å². The number of hydrogen-bond acceptors (Lipinski definition) is 5. The van der Waals surface area contributed by atoms with Gasteiger partial charge in [0.05, 0.1) is 24.8 Å². The Morgan fingerprint density at radius 2 is 1.92 bits per heavy atom. The molecule has 0 amide bonds. The number of fused-ring (bicyclic) bond motifs is 1. The fraction of sp³-hybridized carbons (Fsp3) is 0.294. The van der Waals surface area contributed by atoms with Gasteiger partial charge < -0.3 is 14.8 Å². The minimum atomic E-state index is -3.70. The highest BCUT2D eigenvalue weighted by Crippen LogP contribution is 2.32. The monoisotopic (exact) mass is 348 g/mol. The fourth-order valence-corrected chi connectivity index (χ4v) is 3.90. The Labute approximate surface area is 141 Å². The van der Waals surface area contributed by atoms with Gasteiger partial charge in [0.15, 0.2) is 0 Å². The van der Waals surface area contributed by atoms with E-state index in [9.17, 15) is 8.42 Å². The molecule has 1 atom stereocenters. The van der Waals surface area contributed by atoms with Crippen molar-refractivity contribution in [3.05, 3.63) is 42.0 Å². The molecular weight excluding hydrogens is 328 g/mol. The molecule has 6 nitrogen and oxygen atoms in total. The maximum absolute atomic E-state index is 12.7. The van der Waals surface area contributed by atoms with Gasteiger partial charge in [0, 0.05) is 17.8 Å².